The summed E-state index contributed by atoms with van der Waals surface area (Å²) in [5, 5.41) is 16.4. The monoisotopic (exact) mass is 221 g/mol. The molecule has 1 saturated heterocycles. The summed E-state index contributed by atoms with van der Waals surface area (Å²) < 4.78 is 0. The van der Waals surface area contributed by atoms with Gasteiger partial charge in [0.15, 0.2) is 0 Å². The van der Waals surface area contributed by atoms with Crippen LogP contribution in [0.2, 0.25) is 0 Å². The molecule has 0 spiro atoms. The average molecular weight is 221 g/mol. The van der Waals surface area contributed by atoms with E-state index in [-0.39, 0.29) is 17.6 Å². The number of hydrogen-bond donors (Lipinski definition) is 2. The first-order chi connectivity index (χ1) is 7.66. The van der Waals surface area contributed by atoms with Crippen molar-refractivity contribution in [2.24, 2.45) is 0 Å². The molecular weight excluding hydrogens is 210 g/mol. The molecule has 6 heteroatoms. The van der Waals surface area contributed by atoms with Crippen molar-refractivity contribution in [3.63, 3.8) is 0 Å². The van der Waals surface area contributed by atoms with Crippen LogP contribution in [0.25, 0.3) is 0 Å². The van der Waals surface area contributed by atoms with E-state index >= 15 is 0 Å². The van der Waals surface area contributed by atoms with Gasteiger partial charge >= 0.3 is 0 Å². The number of hydrogen-bond acceptors (Lipinski definition) is 4. The number of benzene rings is 1. The molecular formula is C10H11N3O3. The van der Waals surface area contributed by atoms with E-state index in [1.807, 2.05) is 0 Å². The van der Waals surface area contributed by atoms with Crippen molar-refractivity contribution < 1.29 is 9.72 Å². The largest absolute Gasteiger partial charge is 0.374 e. The predicted molar refractivity (Wildman–Crippen MR) is 58.1 cm³/mol. The van der Waals surface area contributed by atoms with Gasteiger partial charge in [-0.25, -0.2) is 0 Å². The quantitative estimate of drug-likeness (QED) is 0.586. The van der Waals surface area contributed by atoms with Crippen molar-refractivity contribution >= 4 is 17.3 Å². The molecule has 1 aliphatic heterocycles. The zero-order valence-corrected chi connectivity index (χ0v) is 8.47. The molecule has 1 fully saturated rings. The topological polar surface area (TPSA) is 84.3 Å². The highest BCUT2D eigenvalue weighted by atomic mass is 16.6. The second-order valence-corrected chi connectivity index (χ2v) is 3.62. The minimum absolute atomic E-state index is 0.0295. The van der Waals surface area contributed by atoms with Gasteiger partial charge < -0.3 is 10.6 Å². The minimum Gasteiger partial charge on any atom is -0.374 e. The van der Waals surface area contributed by atoms with Gasteiger partial charge in [-0.3, -0.25) is 14.9 Å². The Balaban J connectivity index is 2.14. The molecule has 2 N–H and O–H groups in total. The van der Waals surface area contributed by atoms with E-state index in [0.29, 0.717) is 18.7 Å². The van der Waals surface area contributed by atoms with Gasteiger partial charge in [-0.05, 0) is 6.07 Å². The van der Waals surface area contributed by atoms with E-state index in [1.165, 1.54) is 6.07 Å². The van der Waals surface area contributed by atoms with E-state index in [9.17, 15) is 14.9 Å². The molecule has 1 amide bonds. The van der Waals surface area contributed by atoms with Gasteiger partial charge in [0, 0.05) is 19.0 Å². The fourth-order valence-corrected chi connectivity index (χ4v) is 1.68. The molecule has 6 nitrogen and oxygen atoms in total. The van der Waals surface area contributed by atoms with Gasteiger partial charge in [-0.2, -0.15) is 0 Å². The molecule has 0 radical (unpaired) electrons. The average Bonchev–Trinajstić information content (AvgIpc) is 2.64. The molecule has 1 atom stereocenters. The lowest BCUT2D eigenvalue weighted by Gasteiger charge is -2.11. The Kier molecular flexibility index (Phi) is 2.72. The molecule has 0 saturated carbocycles. The molecule has 1 aromatic carbocycles. The van der Waals surface area contributed by atoms with E-state index in [1.54, 1.807) is 18.2 Å². The molecule has 16 heavy (non-hydrogen) atoms. The summed E-state index contributed by atoms with van der Waals surface area (Å²) >= 11 is 0. The van der Waals surface area contributed by atoms with Crippen LogP contribution in [0.15, 0.2) is 24.3 Å². The van der Waals surface area contributed by atoms with Crippen molar-refractivity contribution in [2.75, 3.05) is 11.9 Å². The summed E-state index contributed by atoms with van der Waals surface area (Å²) in [6, 6.07) is 6.34. The SMILES string of the molecule is O=C1CC(Nc2ccccc2[N+](=O)[O-])CN1. The van der Waals surface area contributed by atoms with Crippen LogP contribution in [-0.2, 0) is 4.79 Å². The summed E-state index contributed by atoms with van der Waals surface area (Å²) in [5.41, 5.74) is 0.482. The molecule has 0 bridgehead atoms. The van der Waals surface area contributed by atoms with E-state index in [4.69, 9.17) is 0 Å². The second-order valence-electron chi connectivity index (χ2n) is 3.62. The molecule has 84 valence electrons. The van der Waals surface area contributed by atoms with Gasteiger partial charge in [0.1, 0.15) is 5.69 Å². The standard InChI is InChI=1S/C10H11N3O3/c14-10-5-7(6-11-10)12-8-3-1-2-4-9(8)13(15)16/h1-4,7,12H,5-6H2,(H,11,14). The number of carbonyl (C=O) groups is 1. The normalized spacial score (nSPS) is 19.2. The zero-order valence-electron chi connectivity index (χ0n) is 8.47. The van der Waals surface area contributed by atoms with Crippen LogP contribution in [0.4, 0.5) is 11.4 Å². The van der Waals surface area contributed by atoms with Crippen LogP contribution in [0.1, 0.15) is 6.42 Å². The van der Waals surface area contributed by atoms with E-state index in [2.05, 4.69) is 10.6 Å². The first-order valence-electron chi connectivity index (χ1n) is 4.93. The second kappa shape index (κ2) is 4.18. The summed E-state index contributed by atoms with van der Waals surface area (Å²) in [4.78, 5) is 21.3. The third kappa shape index (κ3) is 2.10. The lowest BCUT2D eigenvalue weighted by atomic mass is 10.2. The molecule has 1 heterocycles. The van der Waals surface area contributed by atoms with Crippen molar-refractivity contribution in [1.82, 2.24) is 5.32 Å². The summed E-state index contributed by atoms with van der Waals surface area (Å²) in [5.74, 6) is -0.0314. The van der Waals surface area contributed by atoms with Crippen LogP contribution in [0, 0.1) is 10.1 Å². The first kappa shape index (κ1) is 10.4. The Labute approximate surface area is 91.8 Å². The lowest BCUT2D eigenvalue weighted by Crippen LogP contribution is -2.22. The Bertz CT molecular complexity index is 433. The third-order valence-corrected chi connectivity index (χ3v) is 2.44. The number of nitrogens with zero attached hydrogens (tertiary/aromatic N) is 1. The highest BCUT2D eigenvalue weighted by molar-refractivity contribution is 5.80. The van der Waals surface area contributed by atoms with Gasteiger partial charge in [0.2, 0.25) is 5.91 Å². The Morgan fingerprint density at radius 2 is 2.19 bits per heavy atom. The molecule has 1 aromatic rings. The molecule has 0 aromatic heterocycles. The van der Waals surface area contributed by atoms with E-state index in [0.717, 1.165) is 0 Å². The van der Waals surface area contributed by atoms with Crippen molar-refractivity contribution in [1.29, 1.82) is 0 Å². The van der Waals surface area contributed by atoms with Gasteiger partial charge in [0.25, 0.3) is 5.69 Å². The van der Waals surface area contributed by atoms with E-state index < -0.39 is 4.92 Å². The van der Waals surface area contributed by atoms with Crippen molar-refractivity contribution in [3.05, 3.63) is 34.4 Å². The lowest BCUT2D eigenvalue weighted by molar-refractivity contribution is -0.384. The Hall–Kier alpha value is -2.11. The molecule has 1 unspecified atom stereocenters. The number of para-hydroxylation sites is 2. The molecule has 0 aliphatic carbocycles. The van der Waals surface area contributed by atoms with Crippen LogP contribution in [0.3, 0.4) is 0 Å². The van der Waals surface area contributed by atoms with Gasteiger partial charge in [0.05, 0.1) is 11.0 Å². The third-order valence-electron chi connectivity index (χ3n) is 2.44. The maximum Gasteiger partial charge on any atom is 0.292 e. The number of amides is 1. The number of rotatable bonds is 3. The van der Waals surface area contributed by atoms with Gasteiger partial charge in [-0.1, -0.05) is 12.1 Å². The number of nitro benzene ring substituents is 1. The van der Waals surface area contributed by atoms with Crippen molar-refractivity contribution in [2.45, 2.75) is 12.5 Å². The summed E-state index contributed by atoms with van der Waals surface area (Å²) in [7, 11) is 0. The first-order valence-corrected chi connectivity index (χ1v) is 4.93. The maximum absolute atomic E-state index is 11.0. The Morgan fingerprint density at radius 3 is 2.81 bits per heavy atom. The summed E-state index contributed by atoms with van der Waals surface area (Å²) in [6.45, 7) is 0.505. The number of nitro groups is 1. The number of anilines is 1. The van der Waals surface area contributed by atoms with Gasteiger partial charge in [-0.15, -0.1) is 0 Å². The highest BCUT2D eigenvalue weighted by Gasteiger charge is 2.23. The highest BCUT2D eigenvalue weighted by Crippen LogP contribution is 2.24. The maximum atomic E-state index is 11.0. The smallest absolute Gasteiger partial charge is 0.292 e. The van der Waals surface area contributed by atoms with Crippen LogP contribution in [-0.4, -0.2) is 23.4 Å². The van der Waals surface area contributed by atoms with Crippen LogP contribution in [0.5, 0.6) is 0 Å². The predicted octanol–water partition coefficient (Wildman–Crippen LogP) is 0.895. The van der Waals surface area contributed by atoms with Crippen molar-refractivity contribution in [3.8, 4) is 0 Å². The molecule has 1 aliphatic rings. The Morgan fingerprint density at radius 1 is 1.44 bits per heavy atom. The number of carbonyl (C=O) groups excluding carboxylic acids is 1. The van der Waals surface area contributed by atoms with Crippen LogP contribution < -0.4 is 10.6 Å². The fraction of sp³-hybridized carbons (Fsp3) is 0.300. The minimum atomic E-state index is -0.438. The summed E-state index contributed by atoms with van der Waals surface area (Å²) in [6.07, 6.45) is 0.353. The van der Waals surface area contributed by atoms with Crippen LogP contribution >= 0.6 is 0 Å². The zero-order chi connectivity index (χ0) is 11.5. The number of nitrogens with one attached hydrogen (secondary N) is 2. The fourth-order valence-electron chi connectivity index (χ4n) is 1.68. The molecule has 2 rings (SSSR count).